The van der Waals surface area contributed by atoms with Gasteiger partial charge >= 0.3 is 0 Å². The fourth-order valence-corrected chi connectivity index (χ4v) is 2.17. The molecule has 2 atom stereocenters. The Hall–Kier alpha value is -0.930. The van der Waals surface area contributed by atoms with Gasteiger partial charge in [-0.3, -0.25) is 4.98 Å². The zero-order chi connectivity index (χ0) is 13.2. The van der Waals surface area contributed by atoms with Gasteiger partial charge in [-0.25, -0.2) is 0 Å². The second-order valence-corrected chi connectivity index (χ2v) is 4.52. The Labute approximate surface area is 111 Å². The number of hydrogen-bond acceptors (Lipinski definition) is 3. The maximum Gasteiger partial charge on any atom is 0.0728 e. The molecular weight excluding hydrogens is 224 g/mol. The van der Waals surface area contributed by atoms with Gasteiger partial charge in [0, 0.05) is 25.0 Å². The second-order valence-electron chi connectivity index (χ2n) is 4.52. The quantitative estimate of drug-likeness (QED) is 0.732. The summed E-state index contributed by atoms with van der Waals surface area (Å²) in [4.78, 5) is 4.06. The summed E-state index contributed by atoms with van der Waals surface area (Å²) in [6, 6.07) is 4.55. The third-order valence-electron chi connectivity index (χ3n) is 3.09. The van der Waals surface area contributed by atoms with Gasteiger partial charge in [0.25, 0.3) is 0 Å². The maximum absolute atomic E-state index is 5.84. The van der Waals surface area contributed by atoms with Gasteiger partial charge in [-0.05, 0) is 50.4 Å². The molecule has 2 unspecified atom stereocenters. The number of hydrogen-bond donors (Lipinski definition) is 1. The van der Waals surface area contributed by atoms with Crippen LogP contribution in [0.15, 0.2) is 24.5 Å². The minimum atomic E-state index is 0.287. The Morgan fingerprint density at radius 3 is 2.50 bits per heavy atom. The maximum atomic E-state index is 5.84. The van der Waals surface area contributed by atoms with Crippen LogP contribution in [0.25, 0.3) is 0 Å². The molecule has 0 aliphatic rings. The lowest BCUT2D eigenvalue weighted by molar-refractivity contribution is 0.0319. The van der Waals surface area contributed by atoms with E-state index in [1.165, 1.54) is 5.56 Å². The van der Waals surface area contributed by atoms with Gasteiger partial charge in [0.05, 0.1) is 6.10 Å². The molecule has 0 spiro atoms. The summed E-state index contributed by atoms with van der Waals surface area (Å²) in [5, 5.41) is 3.61. The molecule has 0 amide bonds. The van der Waals surface area contributed by atoms with Gasteiger partial charge in [-0.1, -0.05) is 13.8 Å². The van der Waals surface area contributed by atoms with Crippen molar-refractivity contribution < 1.29 is 4.74 Å². The minimum Gasteiger partial charge on any atom is -0.377 e. The number of rotatable bonds is 9. The third kappa shape index (κ3) is 5.15. The van der Waals surface area contributed by atoms with Crippen LogP contribution in [0.2, 0.25) is 0 Å². The van der Waals surface area contributed by atoms with Crippen LogP contribution in [0.1, 0.15) is 39.2 Å². The highest BCUT2D eigenvalue weighted by Gasteiger charge is 2.19. The number of aromatic nitrogens is 1. The third-order valence-corrected chi connectivity index (χ3v) is 3.09. The Kier molecular flexibility index (Phi) is 7.62. The van der Waals surface area contributed by atoms with E-state index in [0.29, 0.717) is 6.04 Å². The molecular formula is C15H26N2O. The summed E-state index contributed by atoms with van der Waals surface area (Å²) in [6.07, 6.45) is 7.19. The van der Waals surface area contributed by atoms with E-state index >= 15 is 0 Å². The first kappa shape index (κ1) is 15.1. The molecule has 18 heavy (non-hydrogen) atoms. The Morgan fingerprint density at radius 2 is 1.94 bits per heavy atom. The monoisotopic (exact) mass is 250 g/mol. The van der Waals surface area contributed by atoms with Crippen LogP contribution < -0.4 is 5.32 Å². The van der Waals surface area contributed by atoms with Gasteiger partial charge < -0.3 is 10.1 Å². The normalized spacial score (nSPS) is 14.4. The van der Waals surface area contributed by atoms with E-state index in [1.807, 2.05) is 12.4 Å². The molecule has 3 heteroatoms. The van der Waals surface area contributed by atoms with E-state index in [1.54, 1.807) is 0 Å². The molecule has 0 aromatic carbocycles. The molecule has 1 heterocycles. The number of nitrogens with zero attached hydrogens (tertiary/aromatic N) is 1. The van der Waals surface area contributed by atoms with Crippen molar-refractivity contribution in [1.82, 2.24) is 10.3 Å². The Bertz CT molecular complexity index is 303. The summed E-state index contributed by atoms with van der Waals surface area (Å²) in [7, 11) is 0. The van der Waals surface area contributed by atoms with Crippen molar-refractivity contribution in [2.24, 2.45) is 0 Å². The van der Waals surface area contributed by atoms with E-state index in [9.17, 15) is 0 Å². The van der Waals surface area contributed by atoms with Crippen molar-refractivity contribution in [1.29, 1.82) is 0 Å². The van der Waals surface area contributed by atoms with Crippen LogP contribution in [0.4, 0.5) is 0 Å². The first-order valence-electron chi connectivity index (χ1n) is 7.05. The number of pyridine rings is 1. The largest absolute Gasteiger partial charge is 0.377 e. The highest BCUT2D eigenvalue weighted by Crippen LogP contribution is 2.11. The SMILES string of the molecule is CCCNC(Cc1ccncc1)C(CC)OCC. The van der Waals surface area contributed by atoms with Crippen molar-refractivity contribution in [3.05, 3.63) is 30.1 Å². The van der Waals surface area contributed by atoms with Gasteiger partial charge in [-0.15, -0.1) is 0 Å². The van der Waals surface area contributed by atoms with Crippen LogP contribution >= 0.6 is 0 Å². The molecule has 1 rings (SSSR count). The first-order chi connectivity index (χ1) is 8.81. The van der Waals surface area contributed by atoms with Crippen LogP contribution in [0.3, 0.4) is 0 Å². The van der Waals surface area contributed by atoms with E-state index < -0.39 is 0 Å². The van der Waals surface area contributed by atoms with Crippen LogP contribution in [-0.2, 0) is 11.2 Å². The molecule has 1 aromatic rings. The predicted molar refractivity (Wildman–Crippen MR) is 75.7 cm³/mol. The second kappa shape index (κ2) is 9.06. The summed E-state index contributed by atoms with van der Waals surface area (Å²) >= 11 is 0. The zero-order valence-corrected chi connectivity index (χ0v) is 11.9. The molecule has 0 aliphatic heterocycles. The van der Waals surface area contributed by atoms with E-state index in [2.05, 4.69) is 43.2 Å². The first-order valence-corrected chi connectivity index (χ1v) is 7.05. The van der Waals surface area contributed by atoms with Crippen molar-refractivity contribution in [2.75, 3.05) is 13.2 Å². The van der Waals surface area contributed by atoms with Crippen molar-refractivity contribution in [2.45, 2.75) is 52.2 Å². The standard InChI is InChI=1S/C15H26N2O/c1-4-9-17-14(15(5-2)18-6-3)12-13-7-10-16-11-8-13/h7-8,10-11,14-15,17H,4-6,9,12H2,1-3H3. The van der Waals surface area contributed by atoms with Crippen molar-refractivity contribution in [3.63, 3.8) is 0 Å². The van der Waals surface area contributed by atoms with E-state index in [-0.39, 0.29) is 6.10 Å². The summed E-state index contributed by atoms with van der Waals surface area (Å²) in [5.41, 5.74) is 1.32. The van der Waals surface area contributed by atoms with Gasteiger partial charge in [0.1, 0.15) is 0 Å². The van der Waals surface area contributed by atoms with Gasteiger partial charge in [-0.2, -0.15) is 0 Å². The van der Waals surface area contributed by atoms with Gasteiger partial charge in [0.2, 0.25) is 0 Å². The molecule has 102 valence electrons. The zero-order valence-electron chi connectivity index (χ0n) is 11.9. The lowest BCUT2D eigenvalue weighted by atomic mass is 10.00. The fraction of sp³-hybridized carbons (Fsp3) is 0.667. The number of ether oxygens (including phenoxy) is 1. The van der Waals surface area contributed by atoms with Crippen molar-refractivity contribution >= 4 is 0 Å². The fourth-order valence-electron chi connectivity index (χ4n) is 2.17. The average molecular weight is 250 g/mol. The molecule has 3 nitrogen and oxygen atoms in total. The lowest BCUT2D eigenvalue weighted by Gasteiger charge is -2.27. The minimum absolute atomic E-state index is 0.287. The molecule has 0 saturated heterocycles. The van der Waals surface area contributed by atoms with E-state index in [0.717, 1.165) is 32.4 Å². The highest BCUT2D eigenvalue weighted by atomic mass is 16.5. The summed E-state index contributed by atoms with van der Waals surface area (Å²) < 4.78 is 5.84. The molecule has 0 fully saturated rings. The Morgan fingerprint density at radius 1 is 1.22 bits per heavy atom. The molecule has 0 bridgehead atoms. The molecule has 0 aliphatic carbocycles. The number of nitrogens with one attached hydrogen (secondary N) is 1. The Balaban J connectivity index is 2.64. The molecule has 0 radical (unpaired) electrons. The van der Waals surface area contributed by atoms with Crippen LogP contribution in [-0.4, -0.2) is 30.3 Å². The van der Waals surface area contributed by atoms with E-state index in [4.69, 9.17) is 4.74 Å². The average Bonchev–Trinajstić information content (AvgIpc) is 2.42. The molecule has 0 saturated carbocycles. The molecule has 1 aromatic heterocycles. The lowest BCUT2D eigenvalue weighted by Crippen LogP contribution is -2.43. The summed E-state index contributed by atoms with van der Waals surface area (Å²) in [5.74, 6) is 0. The van der Waals surface area contributed by atoms with Gasteiger partial charge in [0.15, 0.2) is 0 Å². The smallest absolute Gasteiger partial charge is 0.0728 e. The predicted octanol–water partition coefficient (Wildman–Crippen LogP) is 2.81. The van der Waals surface area contributed by atoms with Crippen molar-refractivity contribution in [3.8, 4) is 0 Å². The highest BCUT2D eigenvalue weighted by molar-refractivity contribution is 5.12. The summed E-state index contributed by atoms with van der Waals surface area (Å²) in [6.45, 7) is 8.26. The van der Waals surface area contributed by atoms with Crippen LogP contribution in [0, 0.1) is 0 Å². The molecule has 1 N–H and O–H groups in total. The topological polar surface area (TPSA) is 34.2 Å². The van der Waals surface area contributed by atoms with Crippen LogP contribution in [0.5, 0.6) is 0 Å².